The first-order valence-corrected chi connectivity index (χ1v) is 7.56. The average Bonchev–Trinajstić information content (AvgIpc) is 3.29. The molecule has 1 aliphatic rings. The smallest absolute Gasteiger partial charge is 0.0419 e. The van der Waals surface area contributed by atoms with E-state index in [-0.39, 0.29) is 0 Å². The summed E-state index contributed by atoms with van der Waals surface area (Å²) < 4.78 is 0. The lowest BCUT2D eigenvalue weighted by molar-refractivity contribution is 0.460. The Kier molecular flexibility index (Phi) is 4.12. The van der Waals surface area contributed by atoms with Crippen LogP contribution in [0.25, 0.3) is 0 Å². The molecule has 2 nitrogen and oxygen atoms in total. The summed E-state index contributed by atoms with van der Waals surface area (Å²) in [7, 11) is 0. The van der Waals surface area contributed by atoms with Crippen molar-refractivity contribution in [2.24, 2.45) is 5.92 Å². The molecular formula is C18H22N2. The van der Waals surface area contributed by atoms with Crippen molar-refractivity contribution in [3.05, 3.63) is 66.0 Å². The van der Waals surface area contributed by atoms with Crippen LogP contribution >= 0.6 is 0 Å². The molecule has 3 rings (SSSR count). The number of hydrogen-bond acceptors (Lipinski definition) is 2. The van der Waals surface area contributed by atoms with E-state index in [0.717, 1.165) is 24.8 Å². The highest BCUT2D eigenvalue weighted by Gasteiger charge is 2.43. The van der Waals surface area contributed by atoms with Gasteiger partial charge in [-0.2, -0.15) is 0 Å². The van der Waals surface area contributed by atoms with Gasteiger partial charge in [0.25, 0.3) is 0 Å². The minimum absolute atomic E-state index is 0.542. The molecule has 3 unspecified atom stereocenters. The number of rotatable bonds is 6. The first-order chi connectivity index (χ1) is 9.88. The fourth-order valence-electron chi connectivity index (χ4n) is 3.12. The maximum Gasteiger partial charge on any atom is 0.0419 e. The van der Waals surface area contributed by atoms with Gasteiger partial charge in [-0.05, 0) is 42.5 Å². The molecule has 1 aliphatic carbocycles. The SMILES string of the molecule is CCNC(Cc1ccccn1)C1CC1c1ccccc1. The zero-order chi connectivity index (χ0) is 13.8. The summed E-state index contributed by atoms with van der Waals surface area (Å²) in [5.74, 6) is 1.48. The third-order valence-corrected chi connectivity index (χ3v) is 4.21. The molecule has 0 saturated heterocycles. The van der Waals surface area contributed by atoms with Crippen molar-refractivity contribution < 1.29 is 0 Å². The van der Waals surface area contributed by atoms with E-state index in [4.69, 9.17) is 0 Å². The van der Waals surface area contributed by atoms with Gasteiger partial charge < -0.3 is 5.32 Å². The molecule has 3 atom stereocenters. The summed E-state index contributed by atoms with van der Waals surface area (Å²) in [6.07, 6.45) is 4.22. The first-order valence-electron chi connectivity index (χ1n) is 7.56. The Labute approximate surface area is 121 Å². The number of hydrogen-bond donors (Lipinski definition) is 1. The summed E-state index contributed by atoms with van der Waals surface area (Å²) in [5.41, 5.74) is 2.68. The summed E-state index contributed by atoms with van der Waals surface area (Å²) >= 11 is 0. The fraction of sp³-hybridized carbons (Fsp3) is 0.389. The lowest BCUT2D eigenvalue weighted by Crippen LogP contribution is -2.33. The van der Waals surface area contributed by atoms with Crippen LogP contribution in [0.4, 0.5) is 0 Å². The highest BCUT2D eigenvalue weighted by Crippen LogP contribution is 2.49. The van der Waals surface area contributed by atoms with Crippen molar-refractivity contribution >= 4 is 0 Å². The van der Waals surface area contributed by atoms with E-state index in [2.05, 4.69) is 59.7 Å². The van der Waals surface area contributed by atoms with Crippen molar-refractivity contribution in [2.45, 2.75) is 31.7 Å². The van der Waals surface area contributed by atoms with Gasteiger partial charge in [0.05, 0.1) is 0 Å². The largest absolute Gasteiger partial charge is 0.314 e. The normalized spacial score (nSPS) is 22.4. The van der Waals surface area contributed by atoms with Gasteiger partial charge >= 0.3 is 0 Å². The van der Waals surface area contributed by atoms with Gasteiger partial charge in [0, 0.05) is 24.4 Å². The van der Waals surface area contributed by atoms with E-state index in [0.29, 0.717) is 6.04 Å². The number of aromatic nitrogens is 1. The Hall–Kier alpha value is -1.67. The third kappa shape index (κ3) is 3.07. The van der Waals surface area contributed by atoms with Gasteiger partial charge in [-0.3, -0.25) is 4.98 Å². The van der Waals surface area contributed by atoms with Gasteiger partial charge in [0.15, 0.2) is 0 Å². The van der Waals surface area contributed by atoms with Crippen LogP contribution in [0.2, 0.25) is 0 Å². The Morgan fingerprint density at radius 2 is 1.95 bits per heavy atom. The van der Waals surface area contributed by atoms with Crippen molar-refractivity contribution in [2.75, 3.05) is 6.54 Å². The highest BCUT2D eigenvalue weighted by atomic mass is 14.9. The van der Waals surface area contributed by atoms with Gasteiger partial charge in [-0.15, -0.1) is 0 Å². The zero-order valence-electron chi connectivity index (χ0n) is 12.0. The molecule has 1 aromatic carbocycles. The van der Waals surface area contributed by atoms with Crippen LogP contribution in [0.1, 0.15) is 30.5 Å². The lowest BCUT2D eigenvalue weighted by atomic mass is 10.0. The van der Waals surface area contributed by atoms with Crippen LogP contribution in [0.5, 0.6) is 0 Å². The Bertz CT molecular complexity index is 524. The molecule has 104 valence electrons. The van der Waals surface area contributed by atoms with Crippen LogP contribution in [-0.2, 0) is 6.42 Å². The van der Waals surface area contributed by atoms with Gasteiger partial charge in [-0.25, -0.2) is 0 Å². The molecule has 0 bridgehead atoms. The van der Waals surface area contributed by atoms with Crippen LogP contribution in [0.3, 0.4) is 0 Å². The number of nitrogens with zero attached hydrogens (tertiary/aromatic N) is 1. The Balaban J connectivity index is 1.67. The molecule has 1 aromatic heterocycles. The summed E-state index contributed by atoms with van der Waals surface area (Å²) in [5, 5.41) is 3.65. The molecule has 20 heavy (non-hydrogen) atoms. The molecule has 1 saturated carbocycles. The highest BCUT2D eigenvalue weighted by molar-refractivity contribution is 5.27. The molecule has 1 heterocycles. The monoisotopic (exact) mass is 266 g/mol. The van der Waals surface area contributed by atoms with Crippen molar-refractivity contribution in [3.8, 4) is 0 Å². The maximum absolute atomic E-state index is 4.47. The molecule has 2 heteroatoms. The van der Waals surface area contributed by atoms with E-state index < -0.39 is 0 Å². The van der Waals surface area contributed by atoms with Crippen LogP contribution in [0, 0.1) is 5.92 Å². The minimum Gasteiger partial charge on any atom is -0.314 e. The molecule has 0 radical (unpaired) electrons. The maximum atomic E-state index is 4.47. The summed E-state index contributed by atoms with van der Waals surface area (Å²) in [6, 6.07) is 17.6. The van der Waals surface area contributed by atoms with E-state index in [1.165, 1.54) is 17.7 Å². The Morgan fingerprint density at radius 1 is 1.15 bits per heavy atom. The second-order valence-corrected chi connectivity index (χ2v) is 5.61. The van der Waals surface area contributed by atoms with Gasteiger partial charge in [0.2, 0.25) is 0 Å². The second kappa shape index (κ2) is 6.19. The standard InChI is InChI=1S/C18H22N2/c1-2-19-18(12-15-10-6-7-11-20-15)17-13-16(17)14-8-4-3-5-9-14/h3-11,16-19H,2,12-13H2,1H3. The second-order valence-electron chi connectivity index (χ2n) is 5.61. The predicted molar refractivity (Wildman–Crippen MR) is 82.7 cm³/mol. The molecule has 2 aromatic rings. The van der Waals surface area contributed by atoms with Crippen LogP contribution < -0.4 is 5.32 Å². The van der Waals surface area contributed by atoms with Crippen molar-refractivity contribution in [3.63, 3.8) is 0 Å². The zero-order valence-corrected chi connectivity index (χ0v) is 12.0. The molecule has 0 aliphatic heterocycles. The number of nitrogens with one attached hydrogen (secondary N) is 1. The van der Waals surface area contributed by atoms with E-state index in [1.54, 1.807) is 0 Å². The number of pyridine rings is 1. The van der Waals surface area contributed by atoms with E-state index in [9.17, 15) is 0 Å². The third-order valence-electron chi connectivity index (χ3n) is 4.21. The van der Waals surface area contributed by atoms with Crippen molar-refractivity contribution in [1.29, 1.82) is 0 Å². The molecule has 1 fully saturated rings. The summed E-state index contributed by atoms with van der Waals surface area (Å²) in [4.78, 5) is 4.47. The van der Waals surface area contributed by atoms with Crippen molar-refractivity contribution in [1.82, 2.24) is 10.3 Å². The average molecular weight is 266 g/mol. The summed E-state index contributed by atoms with van der Waals surface area (Å²) in [6.45, 7) is 3.21. The molecule has 1 N–H and O–H groups in total. The quantitative estimate of drug-likeness (QED) is 0.866. The number of benzene rings is 1. The molecular weight excluding hydrogens is 244 g/mol. The van der Waals surface area contributed by atoms with Gasteiger partial charge in [0.1, 0.15) is 0 Å². The van der Waals surface area contributed by atoms with E-state index >= 15 is 0 Å². The molecule has 0 amide bonds. The lowest BCUT2D eigenvalue weighted by Gasteiger charge is -2.17. The fourth-order valence-corrected chi connectivity index (χ4v) is 3.12. The van der Waals surface area contributed by atoms with E-state index in [1.807, 2.05) is 12.3 Å². The Morgan fingerprint density at radius 3 is 2.65 bits per heavy atom. The van der Waals surface area contributed by atoms with Crippen LogP contribution in [0.15, 0.2) is 54.7 Å². The minimum atomic E-state index is 0.542. The van der Waals surface area contributed by atoms with Gasteiger partial charge in [-0.1, -0.05) is 43.3 Å². The van der Waals surface area contributed by atoms with Crippen LogP contribution in [-0.4, -0.2) is 17.6 Å². The number of likely N-dealkylation sites (N-methyl/N-ethyl adjacent to an activating group) is 1. The predicted octanol–water partition coefficient (Wildman–Crippen LogP) is 3.41. The topological polar surface area (TPSA) is 24.9 Å². The molecule has 0 spiro atoms. The first kappa shape index (κ1) is 13.3.